The Hall–Kier alpha value is -1.74. The van der Waals surface area contributed by atoms with Crippen LogP contribution in [0.15, 0.2) is 36.5 Å². The normalized spacial score (nSPS) is 14.9. The van der Waals surface area contributed by atoms with Crippen molar-refractivity contribution in [2.24, 2.45) is 0 Å². The topological polar surface area (TPSA) is 42.1 Å². The van der Waals surface area contributed by atoms with E-state index < -0.39 is 0 Å². The maximum absolute atomic E-state index is 6.24. The predicted octanol–water partition coefficient (Wildman–Crippen LogP) is 2.92. The highest BCUT2D eigenvalue weighted by Gasteiger charge is 2.17. The minimum atomic E-state index is 0.604. The van der Waals surface area contributed by atoms with Crippen molar-refractivity contribution < 1.29 is 0 Å². The molecule has 19 heavy (non-hydrogen) atoms. The van der Waals surface area contributed by atoms with Crippen LogP contribution in [0.2, 0.25) is 5.02 Å². The van der Waals surface area contributed by atoms with E-state index in [9.17, 15) is 0 Å². The van der Waals surface area contributed by atoms with Crippen LogP contribution in [0.3, 0.4) is 0 Å². The van der Waals surface area contributed by atoms with E-state index in [-0.39, 0.29) is 0 Å². The Morgan fingerprint density at radius 3 is 2.32 bits per heavy atom. The Balaban J connectivity index is 1.85. The Morgan fingerprint density at radius 1 is 1.11 bits per heavy atom. The van der Waals surface area contributed by atoms with Gasteiger partial charge in [0.15, 0.2) is 0 Å². The van der Waals surface area contributed by atoms with Gasteiger partial charge in [0.25, 0.3) is 0 Å². The molecule has 0 aliphatic carbocycles. The Morgan fingerprint density at radius 2 is 1.74 bits per heavy atom. The van der Waals surface area contributed by atoms with Gasteiger partial charge in [-0.05, 0) is 30.0 Å². The SMILES string of the molecule is Nc1cnc(N2CCc3ccccc3CC2)c(Cl)c1. The molecule has 0 fully saturated rings. The second-order valence-electron chi connectivity index (χ2n) is 4.83. The molecule has 4 heteroatoms. The third-order valence-electron chi connectivity index (χ3n) is 3.56. The van der Waals surface area contributed by atoms with Gasteiger partial charge in [0.05, 0.1) is 16.9 Å². The van der Waals surface area contributed by atoms with Crippen molar-refractivity contribution in [2.75, 3.05) is 23.7 Å². The third-order valence-corrected chi connectivity index (χ3v) is 3.84. The maximum atomic E-state index is 6.24. The van der Waals surface area contributed by atoms with Crippen molar-refractivity contribution in [3.63, 3.8) is 0 Å². The van der Waals surface area contributed by atoms with Crippen LogP contribution in [0.25, 0.3) is 0 Å². The summed E-state index contributed by atoms with van der Waals surface area (Å²) in [6, 6.07) is 10.4. The van der Waals surface area contributed by atoms with Gasteiger partial charge in [-0.25, -0.2) is 4.98 Å². The number of halogens is 1. The highest BCUT2D eigenvalue weighted by atomic mass is 35.5. The average Bonchev–Trinajstić information content (AvgIpc) is 2.62. The first kappa shape index (κ1) is 12.3. The summed E-state index contributed by atoms with van der Waals surface area (Å²) in [5.74, 6) is 0.837. The molecule has 0 amide bonds. The Kier molecular flexibility index (Phi) is 3.30. The fraction of sp³-hybridized carbons (Fsp3) is 0.267. The lowest BCUT2D eigenvalue weighted by Crippen LogP contribution is -2.27. The number of nitrogens with two attached hydrogens (primary N) is 1. The molecule has 1 aromatic heterocycles. The zero-order valence-electron chi connectivity index (χ0n) is 10.6. The molecular weight excluding hydrogens is 258 g/mol. The predicted molar refractivity (Wildman–Crippen MR) is 79.7 cm³/mol. The van der Waals surface area contributed by atoms with E-state index in [2.05, 4.69) is 34.1 Å². The average molecular weight is 274 g/mol. The zero-order chi connectivity index (χ0) is 13.2. The molecule has 2 aromatic rings. The van der Waals surface area contributed by atoms with Crippen molar-refractivity contribution >= 4 is 23.1 Å². The number of benzene rings is 1. The molecule has 0 saturated carbocycles. The summed E-state index contributed by atoms with van der Waals surface area (Å²) >= 11 is 6.24. The van der Waals surface area contributed by atoms with E-state index in [0.717, 1.165) is 31.7 Å². The maximum Gasteiger partial charge on any atom is 0.147 e. The van der Waals surface area contributed by atoms with Gasteiger partial charge >= 0.3 is 0 Å². The van der Waals surface area contributed by atoms with Crippen molar-refractivity contribution in [2.45, 2.75) is 12.8 Å². The van der Waals surface area contributed by atoms with Crippen LogP contribution in [0.1, 0.15) is 11.1 Å². The van der Waals surface area contributed by atoms with Crippen molar-refractivity contribution in [1.82, 2.24) is 4.98 Å². The van der Waals surface area contributed by atoms with Crippen LogP contribution in [0.4, 0.5) is 11.5 Å². The molecule has 1 aromatic carbocycles. The van der Waals surface area contributed by atoms with Gasteiger partial charge in [0, 0.05) is 13.1 Å². The number of aromatic nitrogens is 1. The molecule has 0 spiro atoms. The Labute approximate surface area is 118 Å². The van der Waals surface area contributed by atoms with Crippen LogP contribution in [-0.2, 0) is 12.8 Å². The lowest BCUT2D eigenvalue weighted by atomic mass is 10.0. The van der Waals surface area contributed by atoms with Gasteiger partial charge in [-0.1, -0.05) is 35.9 Å². The second kappa shape index (κ2) is 5.10. The van der Waals surface area contributed by atoms with E-state index in [4.69, 9.17) is 17.3 Å². The molecule has 2 heterocycles. The summed E-state index contributed by atoms with van der Waals surface area (Å²) < 4.78 is 0. The fourth-order valence-electron chi connectivity index (χ4n) is 2.56. The van der Waals surface area contributed by atoms with Gasteiger partial charge in [0.1, 0.15) is 5.82 Å². The molecule has 0 saturated heterocycles. The minimum absolute atomic E-state index is 0.604. The number of fused-ring (bicyclic) bond motifs is 1. The number of nitrogens with zero attached hydrogens (tertiary/aromatic N) is 2. The smallest absolute Gasteiger partial charge is 0.147 e. The molecule has 3 rings (SSSR count). The second-order valence-corrected chi connectivity index (χ2v) is 5.24. The molecule has 3 nitrogen and oxygen atoms in total. The van der Waals surface area contributed by atoms with Crippen molar-refractivity contribution in [3.05, 3.63) is 52.7 Å². The summed E-state index contributed by atoms with van der Waals surface area (Å²) in [6.45, 7) is 1.88. The van der Waals surface area contributed by atoms with Crippen molar-refractivity contribution in [3.8, 4) is 0 Å². The van der Waals surface area contributed by atoms with E-state index in [1.165, 1.54) is 11.1 Å². The molecule has 0 atom stereocenters. The number of hydrogen-bond donors (Lipinski definition) is 1. The minimum Gasteiger partial charge on any atom is -0.397 e. The van der Waals surface area contributed by atoms with Crippen LogP contribution in [0.5, 0.6) is 0 Å². The summed E-state index contributed by atoms with van der Waals surface area (Å²) in [6.07, 6.45) is 3.72. The number of hydrogen-bond acceptors (Lipinski definition) is 3. The molecule has 1 aliphatic rings. The summed E-state index contributed by atoms with van der Waals surface area (Å²) in [7, 11) is 0. The molecule has 0 bridgehead atoms. The Bertz CT molecular complexity index is 571. The van der Waals surface area contributed by atoms with Crippen molar-refractivity contribution in [1.29, 1.82) is 0 Å². The van der Waals surface area contributed by atoms with Gasteiger partial charge < -0.3 is 10.6 Å². The van der Waals surface area contributed by atoms with E-state index >= 15 is 0 Å². The lowest BCUT2D eigenvalue weighted by Gasteiger charge is -2.22. The molecule has 0 radical (unpaired) electrons. The van der Waals surface area contributed by atoms with Gasteiger partial charge in [-0.15, -0.1) is 0 Å². The summed E-state index contributed by atoms with van der Waals surface area (Å²) in [5.41, 5.74) is 9.15. The first-order chi connectivity index (χ1) is 9.24. The number of pyridine rings is 1. The number of rotatable bonds is 1. The van der Waals surface area contributed by atoms with Crippen LogP contribution in [-0.4, -0.2) is 18.1 Å². The highest BCUT2D eigenvalue weighted by Crippen LogP contribution is 2.27. The molecule has 98 valence electrons. The molecular formula is C15H16ClN3. The largest absolute Gasteiger partial charge is 0.397 e. The fourth-order valence-corrected chi connectivity index (χ4v) is 2.85. The highest BCUT2D eigenvalue weighted by molar-refractivity contribution is 6.33. The van der Waals surface area contributed by atoms with Crippen LogP contribution in [0, 0.1) is 0 Å². The lowest BCUT2D eigenvalue weighted by molar-refractivity contribution is 0.791. The zero-order valence-corrected chi connectivity index (χ0v) is 11.4. The standard InChI is InChI=1S/C15H16ClN3/c16-14-9-13(17)10-18-15(14)19-7-5-11-3-1-2-4-12(11)6-8-19/h1-4,9-10H,5-8,17H2. The first-order valence-electron chi connectivity index (χ1n) is 6.47. The van der Waals surface area contributed by atoms with Crippen LogP contribution >= 0.6 is 11.6 Å². The summed E-state index contributed by atoms with van der Waals surface area (Å²) in [5, 5.41) is 0.631. The van der Waals surface area contributed by atoms with Gasteiger partial charge in [0.2, 0.25) is 0 Å². The quantitative estimate of drug-likeness (QED) is 0.869. The van der Waals surface area contributed by atoms with E-state index in [1.807, 2.05) is 0 Å². The van der Waals surface area contributed by atoms with E-state index in [1.54, 1.807) is 12.3 Å². The van der Waals surface area contributed by atoms with Gasteiger partial charge in [-0.2, -0.15) is 0 Å². The monoisotopic (exact) mass is 273 g/mol. The molecule has 1 aliphatic heterocycles. The van der Waals surface area contributed by atoms with Gasteiger partial charge in [-0.3, -0.25) is 0 Å². The van der Waals surface area contributed by atoms with E-state index in [0.29, 0.717) is 10.7 Å². The van der Waals surface area contributed by atoms with Crippen LogP contribution < -0.4 is 10.6 Å². The number of nitrogen functional groups attached to an aromatic ring is 1. The summed E-state index contributed by atoms with van der Waals surface area (Å²) in [4.78, 5) is 6.61. The molecule has 2 N–H and O–H groups in total. The third kappa shape index (κ3) is 2.51. The molecule has 0 unspecified atom stereocenters. The first-order valence-corrected chi connectivity index (χ1v) is 6.84. The number of anilines is 2.